The van der Waals surface area contributed by atoms with Crippen LogP contribution < -0.4 is 10.9 Å². The molecule has 0 spiro atoms. The Labute approximate surface area is 171 Å². The number of thiophene rings is 1. The zero-order chi connectivity index (χ0) is 20.1. The van der Waals surface area contributed by atoms with Gasteiger partial charge in [-0.3, -0.25) is 19.0 Å². The number of rotatable bonds is 8. The number of nitrogens with zero attached hydrogens (tertiary/aromatic N) is 2. The lowest BCUT2D eigenvalue weighted by molar-refractivity contribution is -0.125. The summed E-state index contributed by atoms with van der Waals surface area (Å²) >= 11 is 2.57. The van der Waals surface area contributed by atoms with Crippen LogP contribution in [0.5, 0.6) is 0 Å². The van der Waals surface area contributed by atoms with Crippen LogP contribution in [0.4, 0.5) is 0 Å². The number of Topliss-reactive ketones (excluding diaryl/α,β-unsaturated/α-hetero) is 1. The highest BCUT2D eigenvalue weighted by molar-refractivity contribution is 7.99. The van der Waals surface area contributed by atoms with Crippen LogP contribution in [0.1, 0.15) is 19.4 Å². The minimum Gasteiger partial charge on any atom is -0.345 e. The van der Waals surface area contributed by atoms with Crippen molar-refractivity contribution in [3.05, 3.63) is 57.7 Å². The summed E-state index contributed by atoms with van der Waals surface area (Å²) in [5.41, 5.74) is 1.55. The molecule has 1 aromatic carbocycles. The molecule has 0 aliphatic heterocycles. The Hall–Kier alpha value is -2.45. The molecule has 0 fully saturated rings. The van der Waals surface area contributed by atoms with E-state index in [1.165, 1.54) is 30.0 Å². The van der Waals surface area contributed by atoms with E-state index in [2.05, 4.69) is 10.3 Å². The zero-order valence-electron chi connectivity index (χ0n) is 15.7. The molecular formula is C20H21N3O3S2. The molecule has 1 N–H and O–H groups in total. The summed E-state index contributed by atoms with van der Waals surface area (Å²) < 4.78 is 2.19. The van der Waals surface area contributed by atoms with Gasteiger partial charge in [0.15, 0.2) is 10.9 Å². The van der Waals surface area contributed by atoms with E-state index in [0.29, 0.717) is 28.3 Å². The van der Waals surface area contributed by atoms with Crippen molar-refractivity contribution in [2.45, 2.75) is 38.0 Å². The summed E-state index contributed by atoms with van der Waals surface area (Å²) in [7, 11) is 0. The first-order chi connectivity index (χ1) is 13.5. The molecule has 28 heavy (non-hydrogen) atoms. The first kappa shape index (κ1) is 20.3. The Morgan fingerprint density at radius 1 is 1.25 bits per heavy atom. The van der Waals surface area contributed by atoms with Crippen LogP contribution in [0.15, 0.2) is 51.7 Å². The normalized spacial score (nSPS) is 12.1. The number of fused-ring (bicyclic) bond motifs is 1. The summed E-state index contributed by atoms with van der Waals surface area (Å²) in [4.78, 5) is 41.4. The molecule has 0 bridgehead atoms. The Bertz CT molecular complexity index is 1040. The van der Waals surface area contributed by atoms with Gasteiger partial charge in [-0.05, 0) is 37.3 Å². The van der Waals surface area contributed by atoms with Crippen molar-refractivity contribution in [3.8, 4) is 0 Å². The highest BCUT2D eigenvalue weighted by Gasteiger charge is 2.19. The van der Waals surface area contributed by atoms with Gasteiger partial charge in [-0.2, -0.15) is 0 Å². The number of amides is 1. The number of benzene rings is 1. The van der Waals surface area contributed by atoms with Gasteiger partial charge >= 0.3 is 0 Å². The Balaban J connectivity index is 1.68. The van der Waals surface area contributed by atoms with Crippen molar-refractivity contribution in [2.75, 3.05) is 5.75 Å². The lowest BCUT2D eigenvalue weighted by Crippen LogP contribution is -2.42. The van der Waals surface area contributed by atoms with Gasteiger partial charge in [0.1, 0.15) is 4.70 Å². The lowest BCUT2D eigenvalue weighted by atomic mass is 10.0. The molecule has 0 saturated carbocycles. The summed E-state index contributed by atoms with van der Waals surface area (Å²) in [5, 5.41) is 5.14. The average molecular weight is 416 g/mol. The van der Waals surface area contributed by atoms with Gasteiger partial charge in [0.05, 0.1) is 17.3 Å². The van der Waals surface area contributed by atoms with Crippen molar-refractivity contribution in [1.82, 2.24) is 14.9 Å². The highest BCUT2D eigenvalue weighted by Crippen LogP contribution is 2.20. The van der Waals surface area contributed by atoms with Gasteiger partial charge in [-0.15, -0.1) is 11.3 Å². The minimum absolute atomic E-state index is 0.0840. The maximum Gasteiger partial charge on any atom is 0.272 e. The average Bonchev–Trinajstić information content (AvgIpc) is 3.15. The Morgan fingerprint density at radius 3 is 2.68 bits per heavy atom. The van der Waals surface area contributed by atoms with E-state index in [-0.39, 0.29) is 23.0 Å². The summed E-state index contributed by atoms with van der Waals surface area (Å²) in [6.45, 7) is 3.83. The maximum atomic E-state index is 12.5. The molecular weight excluding hydrogens is 394 g/mol. The Kier molecular flexibility index (Phi) is 6.64. The van der Waals surface area contributed by atoms with Crippen molar-refractivity contribution in [1.29, 1.82) is 0 Å². The van der Waals surface area contributed by atoms with Crippen LogP contribution in [-0.4, -0.2) is 33.0 Å². The summed E-state index contributed by atoms with van der Waals surface area (Å²) in [6, 6.07) is 10.8. The number of hydrogen-bond acceptors (Lipinski definition) is 6. The van der Waals surface area contributed by atoms with Crippen molar-refractivity contribution in [3.63, 3.8) is 0 Å². The third-order valence-electron chi connectivity index (χ3n) is 4.29. The number of ketones is 1. The lowest BCUT2D eigenvalue weighted by Gasteiger charge is -2.16. The smallest absolute Gasteiger partial charge is 0.272 e. The second-order valence-corrected chi connectivity index (χ2v) is 8.15. The monoisotopic (exact) mass is 415 g/mol. The zero-order valence-corrected chi connectivity index (χ0v) is 17.3. The van der Waals surface area contributed by atoms with Crippen LogP contribution >= 0.6 is 23.1 Å². The van der Waals surface area contributed by atoms with Gasteiger partial charge in [0.25, 0.3) is 5.56 Å². The minimum atomic E-state index is -0.573. The van der Waals surface area contributed by atoms with E-state index in [1.54, 1.807) is 10.6 Å². The van der Waals surface area contributed by atoms with Gasteiger partial charge in [-0.1, -0.05) is 42.1 Å². The number of carbonyl (C=O) groups excluding carboxylic acids is 2. The quantitative estimate of drug-likeness (QED) is 0.452. The van der Waals surface area contributed by atoms with Gasteiger partial charge in [0, 0.05) is 6.54 Å². The number of nitrogens with one attached hydrogen (secondary N) is 1. The second-order valence-electron chi connectivity index (χ2n) is 6.29. The predicted molar refractivity (Wildman–Crippen MR) is 113 cm³/mol. The van der Waals surface area contributed by atoms with E-state index >= 15 is 0 Å². The van der Waals surface area contributed by atoms with Gasteiger partial charge in [-0.25, -0.2) is 4.98 Å². The summed E-state index contributed by atoms with van der Waals surface area (Å²) in [5.74, 6) is -0.269. The van der Waals surface area contributed by atoms with Crippen LogP contribution in [0.3, 0.4) is 0 Å². The standard InChI is InChI=1S/C20H21N3O3S2/c1-3-23-19(26)18-15(9-10-27-18)22-20(23)28-12-17(25)21-16(13(2)24)11-14-7-5-4-6-8-14/h4-10,16H,3,11-12H2,1-2H3,(H,21,25). The maximum absolute atomic E-state index is 12.5. The van der Waals surface area contributed by atoms with Crippen molar-refractivity contribution >= 4 is 45.0 Å². The fourth-order valence-electron chi connectivity index (χ4n) is 2.82. The van der Waals surface area contributed by atoms with E-state index in [4.69, 9.17) is 0 Å². The fourth-order valence-corrected chi connectivity index (χ4v) is 4.48. The van der Waals surface area contributed by atoms with E-state index in [1.807, 2.05) is 42.6 Å². The van der Waals surface area contributed by atoms with Crippen molar-refractivity contribution in [2.24, 2.45) is 0 Å². The van der Waals surface area contributed by atoms with E-state index in [0.717, 1.165) is 5.56 Å². The number of carbonyl (C=O) groups is 2. The first-order valence-corrected chi connectivity index (χ1v) is 10.8. The number of hydrogen-bond donors (Lipinski definition) is 1. The molecule has 0 aliphatic rings. The molecule has 2 aromatic heterocycles. The molecule has 0 saturated heterocycles. The molecule has 1 unspecified atom stereocenters. The molecule has 2 heterocycles. The third-order valence-corrected chi connectivity index (χ3v) is 6.16. The SMILES string of the molecule is CCn1c(SCC(=O)NC(Cc2ccccc2)C(C)=O)nc2ccsc2c1=O. The third kappa shape index (κ3) is 4.69. The molecule has 3 aromatic rings. The molecule has 0 aliphatic carbocycles. The second kappa shape index (κ2) is 9.16. The van der Waals surface area contributed by atoms with E-state index < -0.39 is 6.04 Å². The Morgan fingerprint density at radius 2 is 2.00 bits per heavy atom. The predicted octanol–water partition coefficient (Wildman–Crippen LogP) is 2.89. The largest absolute Gasteiger partial charge is 0.345 e. The van der Waals surface area contributed by atoms with Crippen LogP contribution in [0.2, 0.25) is 0 Å². The topological polar surface area (TPSA) is 81.1 Å². The molecule has 8 heteroatoms. The van der Waals surface area contributed by atoms with E-state index in [9.17, 15) is 14.4 Å². The molecule has 0 radical (unpaired) electrons. The first-order valence-electron chi connectivity index (χ1n) is 8.94. The molecule has 3 rings (SSSR count). The van der Waals surface area contributed by atoms with Crippen LogP contribution in [0, 0.1) is 0 Å². The fraction of sp³-hybridized carbons (Fsp3) is 0.300. The summed E-state index contributed by atoms with van der Waals surface area (Å²) in [6.07, 6.45) is 0.450. The molecule has 1 amide bonds. The molecule has 6 nitrogen and oxygen atoms in total. The van der Waals surface area contributed by atoms with Crippen LogP contribution in [-0.2, 0) is 22.6 Å². The number of aromatic nitrogens is 2. The van der Waals surface area contributed by atoms with Crippen LogP contribution in [0.25, 0.3) is 10.2 Å². The van der Waals surface area contributed by atoms with Crippen molar-refractivity contribution < 1.29 is 9.59 Å². The van der Waals surface area contributed by atoms with Gasteiger partial charge in [0.2, 0.25) is 5.91 Å². The number of thioether (sulfide) groups is 1. The molecule has 146 valence electrons. The molecule has 1 atom stereocenters. The highest BCUT2D eigenvalue weighted by atomic mass is 32.2. The van der Waals surface area contributed by atoms with Gasteiger partial charge < -0.3 is 5.32 Å².